The first-order valence-corrected chi connectivity index (χ1v) is 11.5. The zero-order valence-corrected chi connectivity index (χ0v) is 20.6. The standard InChI is InChI=1S/C28H26FN3O5/c1-17(18-7-5-4-6-8-18)16-32(28(34)27(30)33)19-9-10-24(21(29)13-19)37-23-11-12-31-22-15-26(36-3)25(35-2)14-20(22)23/h4-15,17H,16H2,1-3H3,(H2,30,33). The van der Waals surface area contributed by atoms with Crippen molar-refractivity contribution in [3.05, 3.63) is 84.3 Å². The Hall–Kier alpha value is -4.66. The van der Waals surface area contributed by atoms with Gasteiger partial charge in [0.1, 0.15) is 5.75 Å². The van der Waals surface area contributed by atoms with E-state index in [-0.39, 0.29) is 23.9 Å². The maximum atomic E-state index is 15.2. The normalized spacial score (nSPS) is 11.6. The van der Waals surface area contributed by atoms with Gasteiger partial charge in [-0.15, -0.1) is 0 Å². The zero-order valence-electron chi connectivity index (χ0n) is 20.6. The van der Waals surface area contributed by atoms with E-state index in [4.69, 9.17) is 19.9 Å². The molecule has 0 aliphatic heterocycles. The van der Waals surface area contributed by atoms with Crippen molar-refractivity contribution in [2.24, 2.45) is 5.73 Å². The SMILES string of the molecule is COc1cc2nccc(Oc3ccc(N(CC(C)c4ccccc4)C(=O)C(N)=O)cc3F)c2cc1OC. The molecule has 0 saturated heterocycles. The number of rotatable bonds is 8. The van der Waals surface area contributed by atoms with Crippen molar-refractivity contribution < 1.29 is 28.2 Å². The summed E-state index contributed by atoms with van der Waals surface area (Å²) in [6.07, 6.45) is 1.54. The van der Waals surface area contributed by atoms with E-state index in [0.717, 1.165) is 11.6 Å². The Kier molecular flexibility index (Phi) is 7.52. The lowest BCUT2D eigenvalue weighted by Crippen LogP contribution is -2.42. The minimum absolute atomic E-state index is 0.0754. The number of carbonyl (C=O) groups excluding carboxylic acids is 2. The third kappa shape index (κ3) is 5.45. The number of primary amides is 1. The smallest absolute Gasteiger partial charge is 0.316 e. The minimum Gasteiger partial charge on any atom is -0.493 e. The zero-order chi connectivity index (χ0) is 26.5. The molecule has 4 aromatic rings. The Morgan fingerprint density at radius 1 is 0.946 bits per heavy atom. The highest BCUT2D eigenvalue weighted by atomic mass is 19.1. The molecule has 9 heteroatoms. The number of pyridine rings is 1. The van der Waals surface area contributed by atoms with Crippen molar-refractivity contribution in [2.45, 2.75) is 12.8 Å². The highest BCUT2D eigenvalue weighted by Crippen LogP contribution is 2.38. The van der Waals surface area contributed by atoms with Crippen LogP contribution in [0.1, 0.15) is 18.4 Å². The summed E-state index contributed by atoms with van der Waals surface area (Å²) in [5.74, 6) is -1.69. The van der Waals surface area contributed by atoms with Gasteiger partial charge in [0.2, 0.25) is 0 Å². The second kappa shape index (κ2) is 10.9. The van der Waals surface area contributed by atoms with Gasteiger partial charge in [0, 0.05) is 35.9 Å². The van der Waals surface area contributed by atoms with Crippen LogP contribution in [0.3, 0.4) is 0 Å². The third-order valence-electron chi connectivity index (χ3n) is 5.93. The van der Waals surface area contributed by atoms with Crippen LogP contribution < -0.4 is 24.8 Å². The van der Waals surface area contributed by atoms with E-state index >= 15 is 4.39 Å². The van der Waals surface area contributed by atoms with Gasteiger partial charge in [-0.2, -0.15) is 0 Å². The van der Waals surface area contributed by atoms with Crippen molar-refractivity contribution in [1.29, 1.82) is 0 Å². The number of carbonyl (C=O) groups is 2. The van der Waals surface area contributed by atoms with Crippen molar-refractivity contribution in [1.82, 2.24) is 4.98 Å². The van der Waals surface area contributed by atoms with Gasteiger partial charge < -0.3 is 24.8 Å². The van der Waals surface area contributed by atoms with Crippen LogP contribution in [0.5, 0.6) is 23.0 Å². The topological polar surface area (TPSA) is 104 Å². The second-order valence-electron chi connectivity index (χ2n) is 8.34. The first kappa shape index (κ1) is 25.4. The van der Waals surface area contributed by atoms with Crippen LogP contribution in [0.2, 0.25) is 0 Å². The number of nitrogens with zero attached hydrogens (tertiary/aromatic N) is 2. The van der Waals surface area contributed by atoms with E-state index in [0.29, 0.717) is 28.2 Å². The summed E-state index contributed by atoms with van der Waals surface area (Å²) in [5, 5.41) is 0.589. The molecule has 0 spiro atoms. The van der Waals surface area contributed by atoms with E-state index in [1.807, 2.05) is 37.3 Å². The predicted molar refractivity (Wildman–Crippen MR) is 138 cm³/mol. The molecule has 0 aliphatic carbocycles. The Morgan fingerprint density at radius 3 is 2.30 bits per heavy atom. The first-order chi connectivity index (χ1) is 17.8. The lowest BCUT2D eigenvalue weighted by molar-refractivity contribution is -0.135. The molecule has 1 atom stereocenters. The minimum atomic E-state index is -1.13. The molecule has 0 fully saturated rings. The summed E-state index contributed by atoms with van der Waals surface area (Å²) in [5.41, 5.74) is 6.99. The van der Waals surface area contributed by atoms with Crippen molar-refractivity contribution >= 4 is 28.4 Å². The van der Waals surface area contributed by atoms with Crippen LogP contribution in [-0.4, -0.2) is 37.6 Å². The molecule has 1 aromatic heterocycles. The average Bonchev–Trinajstić information content (AvgIpc) is 2.92. The second-order valence-corrected chi connectivity index (χ2v) is 8.34. The lowest BCUT2D eigenvalue weighted by Gasteiger charge is -2.25. The van der Waals surface area contributed by atoms with Gasteiger partial charge in [0.05, 0.1) is 19.7 Å². The predicted octanol–water partition coefficient (Wildman–Crippen LogP) is 4.81. The number of benzene rings is 3. The van der Waals surface area contributed by atoms with Gasteiger partial charge in [-0.1, -0.05) is 37.3 Å². The van der Waals surface area contributed by atoms with Crippen molar-refractivity contribution in [2.75, 3.05) is 25.7 Å². The van der Waals surface area contributed by atoms with E-state index in [1.165, 1.54) is 37.4 Å². The van der Waals surface area contributed by atoms with Crippen LogP contribution in [0.15, 0.2) is 72.9 Å². The number of halogens is 1. The number of hydrogen-bond donors (Lipinski definition) is 1. The Labute approximate surface area is 213 Å². The summed E-state index contributed by atoms with van der Waals surface area (Å²) in [4.78, 5) is 29.9. The van der Waals surface area contributed by atoms with E-state index in [2.05, 4.69) is 4.98 Å². The fourth-order valence-corrected chi connectivity index (χ4v) is 3.99. The van der Waals surface area contributed by atoms with Crippen molar-refractivity contribution in [3.63, 3.8) is 0 Å². The Morgan fingerprint density at radius 2 is 1.65 bits per heavy atom. The molecule has 2 amide bonds. The largest absolute Gasteiger partial charge is 0.493 e. The summed E-state index contributed by atoms with van der Waals surface area (Å²) in [6, 6.07) is 18.5. The number of hydrogen-bond acceptors (Lipinski definition) is 6. The van der Waals surface area contributed by atoms with E-state index < -0.39 is 17.6 Å². The Balaban J connectivity index is 1.65. The number of fused-ring (bicyclic) bond motifs is 1. The molecule has 0 radical (unpaired) electrons. The molecule has 0 aliphatic rings. The number of methoxy groups -OCH3 is 2. The molecule has 1 unspecified atom stereocenters. The monoisotopic (exact) mass is 503 g/mol. The van der Waals surface area contributed by atoms with Crippen LogP contribution in [0, 0.1) is 5.82 Å². The first-order valence-electron chi connectivity index (χ1n) is 11.5. The fraction of sp³-hybridized carbons (Fsp3) is 0.179. The molecule has 37 heavy (non-hydrogen) atoms. The van der Waals surface area contributed by atoms with Gasteiger partial charge in [-0.25, -0.2) is 4.39 Å². The fourth-order valence-electron chi connectivity index (χ4n) is 3.99. The van der Waals surface area contributed by atoms with Gasteiger partial charge in [-0.3, -0.25) is 14.6 Å². The number of aromatic nitrogens is 1. The number of amides is 2. The lowest BCUT2D eigenvalue weighted by atomic mass is 10.0. The molecule has 4 rings (SSSR count). The summed E-state index contributed by atoms with van der Waals surface area (Å²) in [6.45, 7) is 2.03. The number of nitrogens with two attached hydrogens (primary N) is 1. The maximum absolute atomic E-state index is 15.2. The van der Waals surface area contributed by atoms with Crippen molar-refractivity contribution in [3.8, 4) is 23.0 Å². The quantitative estimate of drug-likeness (QED) is 0.346. The molecular formula is C28H26FN3O5. The maximum Gasteiger partial charge on any atom is 0.316 e. The number of ether oxygens (including phenoxy) is 3. The van der Waals surface area contributed by atoms with Crippen LogP contribution in [0.25, 0.3) is 10.9 Å². The average molecular weight is 504 g/mol. The van der Waals surface area contributed by atoms with Crippen LogP contribution in [0.4, 0.5) is 10.1 Å². The summed E-state index contributed by atoms with van der Waals surface area (Å²) >= 11 is 0. The molecule has 8 nitrogen and oxygen atoms in total. The molecular weight excluding hydrogens is 477 g/mol. The molecule has 0 bridgehead atoms. The van der Waals surface area contributed by atoms with Gasteiger partial charge >= 0.3 is 11.8 Å². The number of anilines is 1. The third-order valence-corrected chi connectivity index (χ3v) is 5.93. The molecule has 0 saturated carbocycles. The summed E-state index contributed by atoms with van der Waals surface area (Å²) in [7, 11) is 3.03. The molecule has 3 aromatic carbocycles. The van der Waals surface area contributed by atoms with E-state index in [1.54, 1.807) is 18.2 Å². The Bertz CT molecular complexity index is 1440. The van der Waals surface area contributed by atoms with Crippen LogP contribution in [-0.2, 0) is 9.59 Å². The molecule has 1 heterocycles. The van der Waals surface area contributed by atoms with Crippen LogP contribution >= 0.6 is 0 Å². The highest BCUT2D eigenvalue weighted by Gasteiger charge is 2.25. The molecule has 2 N–H and O–H groups in total. The van der Waals surface area contributed by atoms with Gasteiger partial charge in [0.25, 0.3) is 0 Å². The molecule has 190 valence electrons. The highest BCUT2D eigenvalue weighted by molar-refractivity contribution is 6.39. The van der Waals surface area contributed by atoms with E-state index in [9.17, 15) is 9.59 Å². The van der Waals surface area contributed by atoms with Gasteiger partial charge in [0.15, 0.2) is 23.1 Å². The summed E-state index contributed by atoms with van der Waals surface area (Å²) < 4.78 is 31.8. The van der Waals surface area contributed by atoms with Gasteiger partial charge in [-0.05, 0) is 35.7 Å².